The molecule has 0 heterocycles. The molecule has 0 fully saturated rings. The van der Waals surface area contributed by atoms with Crippen LogP contribution in [0, 0.1) is 0 Å². The van der Waals surface area contributed by atoms with Gasteiger partial charge in [0.15, 0.2) is 0 Å². The maximum absolute atomic E-state index is 8.25. The summed E-state index contributed by atoms with van der Waals surface area (Å²) in [5, 5.41) is 0. The number of hydrogen-bond donors (Lipinski definition) is 0. The molecule has 0 aliphatic heterocycles. The Labute approximate surface area is 94.9 Å². The Morgan fingerprint density at radius 1 is 1.50 bits per heavy atom. The van der Waals surface area contributed by atoms with Crippen molar-refractivity contribution >= 4 is 48.9 Å². The van der Waals surface area contributed by atoms with Gasteiger partial charge in [-0.05, 0) is 0 Å². The van der Waals surface area contributed by atoms with Gasteiger partial charge < -0.3 is 2.85 Å². The molecule has 4 heavy (non-hydrogen) atoms. The zero-order valence-electron chi connectivity index (χ0n) is 4.12. The van der Waals surface area contributed by atoms with Crippen LogP contribution in [0.2, 0.25) is 0 Å². The minimum absolute atomic E-state index is 0. The molecule has 0 aromatic rings. The molecule has 0 saturated carbocycles. The Kier molecular flexibility index (Phi) is 67.5. The van der Waals surface area contributed by atoms with Gasteiger partial charge in [-0.25, -0.2) is 0 Å². The molecule has 0 rings (SSSR count). The average molecular weight is 251 g/mol. The van der Waals surface area contributed by atoms with E-state index in [9.17, 15) is 0 Å². The number of rotatable bonds is 0. The summed E-state index contributed by atoms with van der Waals surface area (Å²) in [4.78, 5) is 0. The summed E-state index contributed by atoms with van der Waals surface area (Å²) in [7, 11) is 0. The summed E-state index contributed by atoms with van der Waals surface area (Å²) in [6, 6.07) is 0. The predicted molar refractivity (Wildman–Crippen MR) is 8.66 cm³/mol. The van der Waals surface area contributed by atoms with Crippen LogP contribution < -0.4 is 0 Å². The van der Waals surface area contributed by atoms with E-state index in [-0.39, 0.29) is 73.5 Å². The first-order chi connectivity index (χ1) is 1.00. The van der Waals surface area contributed by atoms with Gasteiger partial charge in [0.25, 0.3) is 0 Å². The zero-order chi connectivity index (χ0) is 2.00. The van der Waals surface area contributed by atoms with Crippen LogP contribution in [0.15, 0.2) is 0 Å². The molecule has 0 atom stereocenters. The normalized spacial score (nSPS) is 0.750. The first kappa shape index (κ1) is 15.8. The van der Waals surface area contributed by atoms with Gasteiger partial charge in [-0.2, -0.15) is 0 Å². The van der Waals surface area contributed by atoms with Gasteiger partial charge in [-0.15, -0.1) is 0 Å². The van der Waals surface area contributed by atoms with Gasteiger partial charge in [-0.3, -0.25) is 0 Å². The minimum atomic E-state index is 0. The monoisotopic (exact) mass is 252 g/mol. The maximum Gasteiger partial charge on any atom is 0 e. The molecular weight excluding hydrogens is 249 g/mol. The van der Waals surface area contributed by atoms with E-state index in [0.29, 0.717) is 0 Å². The first-order valence-corrected chi connectivity index (χ1v) is 0.842. The summed E-state index contributed by atoms with van der Waals surface area (Å²) >= 11 is 0.750. The molecule has 0 N–H and O–H groups in total. The molecule has 4 heteroatoms. The van der Waals surface area contributed by atoms with Crippen LogP contribution in [0.5, 0.6) is 0 Å². The third-order valence-electron chi connectivity index (χ3n) is 0. The van der Waals surface area contributed by atoms with Crippen LogP contribution in [-0.2, 0) is 45.4 Å². The molecule has 0 saturated heterocycles. The molecule has 0 radical (unpaired) electrons. The van der Waals surface area contributed by atoms with Crippen molar-refractivity contribution in [1.29, 1.82) is 0 Å². The van der Waals surface area contributed by atoms with Crippen molar-refractivity contribution in [1.82, 2.24) is 0 Å². The van der Waals surface area contributed by atoms with Crippen molar-refractivity contribution in [2.45, 2.75) is 0 Å². The Bertz CT molecular complexity index is 11.5. The number of hydrogen-bond acceptors (Lipinski definition) is 1. The molecule has 0 unspecified atom stereocenters. The van der Waals surface area contributed by atoms with E-state index in [1.54, 1.807) is 0 Å². The topological polar surface area (TPSA) is 17.1 Å². The van der Waals surface area contributed by atoms with E-state index >= 15 is 0 Å². The summed E-state index contributed by atoms with van der Waals surface area (Å²) in [6.07, 6.45) is 0. The summed E-state index contributed by atoms with van der Waals surface area (Å²) < 4.78 is 8.25. The second-order valence-electron chi connectivity index (χ2n) is 0. The third-order valence-corrected chi connectivity index (χ3v) is 0. The molecule has 0 aliphatic rings. The molecule has 18 valence electrons. The van der Waals surface area contributed by atoms with Crippen LogP contribution in [-0.4, -0.2) is 48.9 Å². The zero-order valence-corrected chi connectivity index (χ0v) is 9.68. The Hall–Kier alpha value is 2.80. The van der Waals surface area contributed by atoms with Crippen molar-refractivity contribution in [3.05, 3.63) is 0 Å². The second kappa shape index (κ2) is 17.0. The van der Waals surface area contributed by atoms with Gasteiger partial charge >= 0.3 is 72.6 Å². The van der Waals surface area contributed by atoms with Crippen molar-refractivity contribution < 1.29 is 48.3 Å². The standard InChI is InChI=1S/Ba.O.2Ti.2H/q+2;;;;2*-1. The van der Waals surface area contributed by atoms with Gasteiger partial charge in [0.05, 0.1) is 0 Å². The van der Waals surface area contributed by atoms with E-state index < -0.39 is 0 Å². The maximum atomic E-state index is 8.25. The van der Waals surface area contributed by atoms with E-state index in [0.717, 1.165) is 20.4 Å². The van der Waals surface area contributed by atoms with Crippen molar-refractivity contribution in [2.75, 3.05) is 0 Å². The largest absolute Gasteiger partial charge is 0 e. The smallest absolute Gasteiger partial charge is 0 e. The van der Waals surface area contributed by atoms with Gasteiger partial charge in [0.1, 0.15) is 0 Å². The van der Waals surface area contributed by atoms with Crippen LogP contribution in [0.25, 0.3) is 0 Å². The molecule has 0 amide bonds. The van der Waals surface area contributed by atoms with Gasteiger partial charge in [0, 0.05) is 21.7 Å². The summed E-state index contributed by atoms with van der Waals surface area (Å²) in [5.41, 5.74) is 0. The average Bonchev–Trinajstić information content (AvgIpc) is 1.00. The van der Waals surface area contributed by atoms with E-state index in [2.05, 4.69) is 0 Å². The molecule has 1 nitrogen and oxygen atoms in total. The fourth-order valence-corrected chi connectivity index (χ4v) is 0. The Morgan fingerprint density at radius 3 is 1.50 bits per heavy atom. The third kappa shape index (κ3) is 8.84. The fourth-order valence-electron chi connectivity index (χ4n) is 0. The van der Waals surface area contributed by atoms with Gasteiger partial charge in [0.2, 0.25) is 0 Å². The Balaban J connectivity index is -0.000000000833. The van der Waals surface area contributed by atoms with Crippen LogP contribution in [0.3, 0.4) is 0 Å². The van der Waals surface area contributed by atoms with Crippen LogP contribution in [0.1, 0.15) is 2.85 Å². The SMILES string of the molecule is [Ba+2].[H-].[H-].[O]=[Ti].[Ti]. The quantitative estimate of drug-likeness (QED) is 0.541. The minimum Gasteiger partial charge on any atom is 0 e. The van der Waals surface area contributed by atoms with Crippen molar-refractivity contribution in [3.63, 3.8) is 0 Å². The van der Waals surface area contributed by atoms with Crippen LogP contribution in [0.4, 0.5) is 0 Å². The van der Waals surface area contributed by atoms with E-state index in [1.807, 2.05) is 0 Å². The summed E-state index contributed by atoms with van der Waals surface area (Å²) in [5.74, 6) is 0. The first-order valence-electron chi connectivity index (χ1n) is 0.204. The molecule has 0 bridgehead atoms. The molecule has 0 aliphatic carbocycles. The predicted octanol–water partition coefficient (Wildman–Crippen LogP) is -0.280. The summed E-state index contributed by atoms with van der Waals surface area (Å²) in [6.45, 7) is 0. The molecule has 0 aromatic carbocycles. The Morgan fingerprint density at radius 2 is 1.50 bits per heavy atom. The van der Waals surface area contributed by atoms with Crippen LogP contribution >= 0.6 is 0 Å². The molecule has 0 spiro atoms. The molecular formula is H2BaOTi2. The van der Waals surface area contributed by atoms with Crippen molar-refractivity contribution in [3.8, 4) is 0 Å². The van der Waals surface area contributed by atoms with Crippen molar-refractivity contribution in [2.24, 2.45) is 0 Å². The molecule has 0 aromatic heterocycles. The van der Waals surface area contributed by atoms with E-state index in [4.69, 9.17) is 3.32 Å². The van der Waals surface area contributed by atoms with Gasteiger partial charge in [-0.1, -0.05) is 0 Å². The fraction of sp³-hybridized carbons (Fsp3) is 0. The second-order valence-corrected chi connectivity index (χ2v) is 0. The van der Waals surface area contributed by atoms with E-state index in [1.165, 1.54) is 0 Å².